The summed E-state index contributed by atoms with van der Waals surface area (Å²) in [6.07, 6.45) is 0. The van der Waals surface area contributed by atoms with Gasteiger partial charge < -0.3 is 0 Å². The summed E-state index contributed by atoms with van der Waals surface area (Å²) in [5.74, 6) is 0. The van der Waals surface area contributed by atoms with Crippen LogP contribution in [0.2, 0.25) is 0 Å². The molecule has 0 aliphatic rings. The minimum Gasteiger partial charge on any atom is -0.173 e. The van der Waals surface area contributed by atoms with Crippen LogP contribution in [0.1, 0.15) is 5.56 Å². The SMILES string of the molecule is Cc1ccc(Sc2ccc([SH](c3ccccc3)c3ccccc3)cc2)cc1. The number of rotatable bonds is 5. The summed E-state index contributed by atoms with van der Waals surface area (Å²) in [4.78, 5) is 6.71. The Hall–Kier alpha value is -2.42. The Morgan fingerprint density at radius 1 is 0.481 bits per heavy atom. The lowest BCUT2D eigenvalue weighted by atomic mass is 10.2. The first-order valence-electron chi connectivity index (χ1n) is 9.04. The highest BCUT2D eigenvalue weighted by molar-refractivity contribution is 8.17. The van der Waals surface area contributed by atoms with Crippen LogP contribution in [-0.4, -0.2) is 0 Å². The van der Waals surface area contributed by atoms with E-state index in [1.165, 1.54) is 30.0 Å². The van der Waals surface area contributed by atoms with Crippen molar-refractivity contribution in [3.63, 3.8) is 0 Å². The molecular formula is C25H22S2. The van der Waals surface area contributed by atoms with Gasteiger partial charge in [0.05, 0.1) is 0 Å². The van der Waals surface area contributed by atoms with Crippen molar-refractivity contribution in [3.05, 3.63) is 115 Å². The third-order valence-electron chi connectivity index (χ3n) is 4.38. The van der Waals surface area contributed by atoms with Crippen LogP contribution in [0.5, 0.6) is 0 Å². The van der Waals surface area contributed by atoms with Crippen molar-refractivity contribution in [3.8, 4) is 0 Å². The Kier molecular flexibility index (Phi) is 5.66. The average molecular weight is 387 g/mol. The van der Waals surface area contributed by atoms with Gasteiger partial charge in [0.15, 0.2) is 0 Å². The molecule has 0 radical (unpaired) electrons. The molecule has 0 aliphatic heterocycles. The molecule has 0 aliphatic carbocycles. The zero-order valence-corrected chi connectivity index (χ0v) is 17.0. The van der Waals surface area contributed by atoms with E-state index in [-0.39, 0.29) is 0 Å². The van der Waals surface area contributed by atoms with Crippen LogP contribution in [0, 0.1) is 6.92 Å². The molecule has 0 unspecified atom stereocenters. The maximum atomic E-state index is 2.29. The molecule has 4 aromatic rings. The van der Waals surface area contributed by atoms with E-state index < -0.39 is 10.9 Å². The quantitative estimate of drug-likeness (QED) is 0.344. The van der Waals surface area contributed by atoms with Crippen molar-refractivity contribution in [2.75, 3.05) is 0 Å². The van der Waals surface area contributed by atoms with Crippen molar-refractivity contribution in [1.29, 1.82) is 0 Å². The summed E-state index contributed by atoms with van der Waals surface area (Å²) in [6, 6.07) is 39.5. The van der Waals surface area contributed by atoms with Crippen LogP contribution in [0.15, 0.2) is 134 Å². The van der Waals surface area contributed by atoms with E-state index in [4.69, 9.17) is 0 Å². The summed E-state index contributed by atoms with van der Waals surface area (Å²) in [7, 11) is -0.531. The second-order valence-corrected chi connectivity index (χ2v) is 9.78. The lowest BCUT2D eigenvalue weighted by molar-refractivity contribution is 1.29. The number of benzene rings is 4. The van der Waals surface area contributed by atoms with Crippen molar-refractivity contribution in [1.82, 2.24) is 0 Å². The van der Waals surface area contributed by atoms with Crippen molar-refractivity contribution in [2.45, 2.75) is 31.4 Å². The second kappa shape index (κ2) is 8.51. The number of aryl methyl sites for hydroxylation is 1. The van der Waals surface area contributed by atoms with Gasteiger partial charge >= 0.3 is 0 Å². The van der Waals surface area contributed by atoms with Gasteiger partial charge in [0.1, 0.15) is 0 Å². The zero-order valence-electron chi connectivity index (χ0n) is 15.2. The predicted molar refractivity (Wildman–Crippen MR) is 118 cm³/mol. The van der Waals surface area contributed by atoms with Gasteiger partial charge in [-0.15, -0.1) is 0 Å². The van der Waals surface area contributed by atoms with E-state index in [1.54, 1.807) is 0 Å². The minimum absolute atomic E-state index is 0.531. The largest absolute Gasteiger partial charge is 0.173 e. The van der Waals surface area contributed by atoms with Gasteiger partial charge in [-0.05, 0) is 82.3 Å². The lowest BCUT2D eigenvalue weighted by Crippen LogP contribution is -1.88. The normalized spacial score (nSPS) is 11.2. The molecule has 2 heteroatoms. The van der Waals surface area contributed by atoms with Crippen LogP contribution < -0.4 is 0 Å². The summed E-state index contributed by atoms with van der Waals surface area (Å²) in [5, 5.41) is 0. The lowest BCUT2D eigenvalue weighted by Gasteiger charge is -2.23. The first kappa shape index (κ1) is 18.0. The number of hydrogen-bond donors (Lipinski definition) is 1. The van der Waals surface area contributed by atoms with E-state index >= 15 is 0 Å². The van der Waals surface area contributed by atoms with Crippen molar-refractivity contribution in [2.24, 2.45) is 0 Å². The molecule has 0 atom stereocenters. The molecule has 134 valence electrons. The Bertz CT molecular complexity index is 936. The van der Waals surface area contributed by atoms with Gasteiger partial charge in [-0.1, -0.05) is 65.9 Å². The fraction of sp³-hybridized carbons (Fsp3) is 0.0400. The van der Waals surface area contributed by atoms with E-state index in [9.17, 15) is 0 Å². The molecule has 0 saturated heterocycles. The highest BCUT2D eigenvalue weighted by Crippen LogP contribution is 2.51. The summed E-state index contributed by atoms with van der Waals surface area (Å²) >= 11 is 1.82. The minimum atomic E-state index is -0.531. The molecule has 0 spiro atoms. The Morgan fingerprint density at radius 2 is 0.889 bits per heavy atom. The predicted octanol–water partition coefficient (Wildman–Crippen LogP) is 7.62. The van der Waals surface area contributed by atoms with Crippen LogP contribution in [0.3, 0.4) is 0 Å². The average Bonchev–Trinajstić information content (AvgIpc) is 2.73. The monoisotopic (exact) mass is 386 g/mol. The highest BCUT2D eigenvalue weighted by atomic mass is 32.2. The van der Waals surface area contributed by atoms with Gasteiger partial charge in [-0.25, -0.2) is 0 Å². The van der Waals surface area contributed by atoms with Crippen LogP contribution in [0.4, 0.5) is 0 Å². The Morgan fingerprint density at radius 3 is 1.37 bits per heavy atom. The summed E-state index contributed by atoms with van der Waals surface area (Å²) in [5.41, 5.74) is 1.30. The molecule has 0 heterocycles. The molecule has 0 N–H and O–H groups in total. The van der Waals surface area contributed by atoms with Gasteiger partial charge in [-0.2, -0.15) is 10.9 Å². The molecule has 4 rings (SSSR count). The molecular weight excluding hydrogens is 364 g/mol. The van der Waals surface area contributed by atoms with Crippen molar-refractivity contribution < 1.29 is 0 Å². The number of thiol groups is 1. The van der Waals surface area contributed by atoms with Crippen molar-refractivity contribution >= 4 is 22.7 Å². The smallest absolute Gasteiger partial charge is 0.0123 e. The first-order valence-corrected chi connectivity index (χ1v) is 11.2. The molecule has 0 amide bonds. The van der Waals surface area contributed by atoms with Gasteiger partial charge in [0.2, 0.25) is 0 Å². The number of hydrogen-bond acceptors (Lipinski definition) is 1. The third-order valence-corrected chi connectivity index (χ3v) is 7.84. The molecule has 27 heavy (non-hydrogen) atoms. The van der Waals surface area contributed by atoms with Crippen LogP contribution >= 0.6 is 22.7 Å². The van der Waals surface area contributed by atoms with E-state index in [2.05, 4.69) is 116 Å². The molecule has 0 aromatic heterocycles. The summed E-state index contributed by atoms with van der Waals surface area (Å²) in [6.45, 7) is 2.12. The third kappa shape index (κ3) is 4.47. The Labute approximate surface area is 168 Å². The first-order chi connectivity index (χ1) is 13.3. The second-order valence-electron chi connectivity index (χ2n) is 6.42. The maximum absolute atomic E-state index is 2.29. The standard InChI is InChI=1S/C25H22S2/c1-20-12-14-21(15-13-20)26-22-16-18-25(19-17-22)27(23-8-4-2-5-9-23)24-10-6-3-7-11-24/h2-19,27H,1H3. The van der Waals surface area contributed by atoms with E-state index in [1.807, 2.05) is 11.8 Å². The van der Waals surface area contributed by atoms with Gasteiger partial charge in [-0.3, -0.25) is 0 Å². The Balaban J connectivity index is 1.64. The fourth-order valence-corrected chi connectivity index (χ4v) is 6.11. The van der Waals surface area contributed by atoms with E-state index in [0.717, 1.165) is 0 Å². The molecule has 0 fully saturated rings. The van der Waals surface area contributed by atoms with E-state index in [0.29, 0.717) is 0 Å². The molecule has 0 nitrogen and oxygen atoms in total. The maximum Gasteiger partial charge on any atom is 0.0123 e. The summed E-state index contributed by atoms with van der Waals surface area (Å²) < 4.78 is 0. The van der Waals surface area contributed by atoms with Gasteiger partial charge in [0.25, 0.3) is 0 Å². The van der Waals surface area contributed by atoms with Crippen LogP contribution in [0.25, 0.3) is 0 Å². The topological polar surface area (TPSA) is 0 Å². The molecule has 4 aromatic carbocycles. The highest BCUT2D eigenvalue weighted by Gasteiger charge is 2.12. The zero-order chi connectivity index (χ0) is 18.5. The van der Waals surface area contributed by atoms with Crippen LogP contribution in [-0.2, 0) is 0 Å². The molecule has 0 saturated carbocycles. The van der Waals surface area contributed by atoms with Gasteiger partial charge in [0, 0.05) is 9.79 Å². The molecule has 0 bridgehead atoms. The fourth-order valence-electron chi connectivity index (χ4n) is 3.01.